The molecule has 1 aliphatic rings. The fourth-order valence-corrected chi connectivity index (χ4v) is 3.21. The zero-order valence-corrected chi connectivity index (χ0v) is 15.8. The third-order valence-corrected chi connectivity index (χ3v) is 4.72. The largest absolute Gasteiger partial charge is 0.390 e. The Labute approximate surface area is 153 Å². The number of nitriles is 1. The molecule has 0 atom stereocenters. The van der Waals surface area contributed by atoms with Crippen molar-refractivity contribution in [2.75, 3.05) is 20.3 Å². The number of ether oxygens (including phenoxy) is 1. The molecule has 1 saturated carbocycles. The van der Waals surface area contributed by atoms with Gasteiger partial charge in [0.15, 0.2) is 0 Å². The minimum Gasteiger partial charge on any atom is -0.390 e. The molecule has 1 amide bonds. The molecule has 2 N–H and O–H groups in total. The predicted octanol–water partition coefficient (Wildman–Crippen LogP) is 3.81. The highest BCUT2D eigenvalue weighted by Crippen LogP contribution is 2.17. The molecule has 1 aliphatic carbocycles. The Bertz CT molecular complexity index is 417. The molecule has 0 bridgehead atoms. The molecular formula is C20H35N3O2. The Morgan fingerprint density at radius 2 is 1.64 bits per heavy atom. The Balaban J connectivity index is 2.45. The number of hydrogen-bond donors (Lipinski definition) is 2. The van der Waals surface area contributed by atoms with Gasteiger partial charge >= 0.3 is 0 Å². The molecule has 0 saturated heterocycles. The smallest absolute Gasteiger partial charge is 0.263 e. The average molecular weight is 350 g/mol. The number of amides is 1. The molecule has 0 radical (unpaired) electrons. The van der Waals surface area contributed by atoms with Gasteiger partial charge < -0.3 is 15.4 Å². The minimum atomic E-state index is -0.251. The molecule has 0 unspecified atom stereocenters. The van der Waals surface area contributed by atoms with Gasteiger partial charge in [0.1, 0.15) is 11.6 Å². The number of carbonyl (C=O) groups excluding carboxylic acids is 1. The van der Waals surface area contributed by atoms with Crippen molar-refractivity contribution in [3.63, 3.8) is 0 Å². The maximum absolute atomic E-state index is 12.4. The molecule has 0 aromatic rings. The summed E-state index contributed by atoms with van der Waals surface area (Å²) in [7, 11) is 1.66. The van der Waals surface area contributed by atoms with Crippen LogP contribution >= 0.6 is 0 Å². The van der Waals surface area contributed by atoms with Crippen LogP contribution < -0.4 is 10.6 Å². The summed E-state index contributed by atoms with van der Waals surface area (Å²) in [4.78, 5) is 12.4. The van der Waals surface area contributed by atoms with E-state index in [1.807, 2.05) is 6.07 Å². The Morgan fingerprint density at radius 1 is 1.08 bits per heavy atom. The van der Waals surface area contributed by atoms with Crippen LogP contribution in [-0.2, 0) is 9.53 Å². The molecule has 25 heavy (non-hydrogen) atoms. The van der Waals surface area contributed by atoms with Crippen molar-refractivity contribution in [2.45, 2.75) is 83.1 Å². The number of methoxy groups -OCH3 is 1. The lowest BCUT2D eigenvalue weighted by Gasteiger charge is -2.19. The minimum absolute atomic E-state index is 0.156. The van der Waals surface area contributed by atoms with Gasteiger partial charge in [-0.15, -0.1) is 0 Å². The first-order chi connectivity index (χ1) is 12.3. The summed E-state index contributed by atoms with van der Waals surface area (Å²) in [6.45, 7) is 1.35. The third-order valence-electron chi connectivity index (χ3n) is 4.72. The highest BCUT2D eigenvalue weighted by atomic mass is 16.5. The topological polar surface area (TPSA) is 74.1 Å². The maximum atomic E-state index is 12.4. The fraction of sp³-hybridized carbons (Fsp3) is 0.800. The van der Waals surface area contributed by atoms with Crippen molar-refractivity contribution >= 4 is 5.91 Å². The van der Waals surface area contributed by atoms with Gasteiger partial charge in [0.05, 0.1) is 0 Å². The first-order valence-corrected chi connectivity index (χ1v) is 9.91. The molecule has 1 rings (SSSR count). The van der Waals surface area contributed by atoms with Gasteiger partial charge in [0.25, 0.3) is 5.91 Å². The summed E-state index contributed by atoms with van der Waals surface area (Å²) in [6.07, 6.45) is 15.9. The first-order valence-electron chi connectivity index (χ1n) is 9.91. The van der Waals surface area contributed by atoms with Crippen LogP contribution in [0.4, 0.5) is 0 Å². The zero-order valence-electron chi connectivity index (χ0n) is 15.8. The number of nitrogens with one attached hydrogen (secondary N) is 2. The van der Waals surface area contributed by atoms with Crippen LogP contribution in [0, 0.1) is 11.3 Å². The molecule has 0 aromatic heterocycles. The highest BCUT2D eigenvalue weighted by Gasteiger charge is 2.15. The molecule has 0 spiro atoms. The van der Waals surface area contributed by atoms with Crippen molar-refractivity contribution in [3.8, 4) is 6.07 Å². The van der Waals surface area contributed by atoms with E-state index in [1.165, 1.54) is 51.1 Å². The van der Waals surface area contributed by atoms with Gasteiger partial charge in [0, 0.05) is 32.5 Å². The summed E-state index contributed by atoms with van der Waals surface area (Å²) < 4.78 is 4.98. The van der Waals surface area contributed by atoms with E-state index < -0.39 is 0 Å². The van der Waals surface area contributed by atoms with Gasteiger partial charge in [-0.2, -0.15) is 5.26 Å². The summed E-state index contributed by atoms with van der Waals surface area (Å²) in [5.74, 6) is -0.251. The quantitative estimate of drug-likeness (QED) is 0.416. The fourth-order valence-electron chi connectivity index (χ4n) is 3.21. The zero-order chi connectivity index (χ0) is 18.2. The summed E-state index contributed by atoms with van der Waals surface area (Å²) in [5.41, 5.74) is 0.156. The number of rotatable bonds is 7. The van der Waals surface area contributed by atoms with Crippen LogP contribution in [-0.4, -0.2) is 32.2 Å². The van der Waals surface area contributed by atoms with Crippen molar-refractivity contribution in [1.29, 1.82) is 5.26 Å². The van der Waals surface area contributed by atoms with E-state index >= 15 is 0 Å². The normalized spacial score (nSPS) is 18.5. The highest BCUT2D eigenvalue weighted by molar-refractivity contribution is 5.97. The Morgan fingerprint density at radius 3 is 2.16 bits per heavy atom. The van der Waals surface area contributed by atoms with Gasteiger partial charge in [0.2, 0.25) is 0 Å². The van der Waals surface area contributed by atoms with Gasteiger partial charge in [-0.3, -0.25) is 4.79 Å². The second kappa shape index (κ2) is 14.8. The summed E-state index contributed by atoms with van der Waals surface area (Å²) in [5, 5.41) is 15.3. The van der Waals surface area contributed by atoms with Crippen molar-refractivity contribution in [3.05, 3.63) is 11.8 Å². The monoisotopic (exact) mass is 349 g/mol. The van der Waals surface area contributed by atoms with E-state index in [0.717, 1.165) is 32.1 Å². The average Bonchev–Trinajstić information content (AvgIpc) is 2.60. The number of carbonyl (C=O) groups is 1. The van der Waals surface area contributed by atoms with E-state index in [4.69, 9.17) is 4.74 Å². The van der Waals surface area contributed by atoms with E-state index in [2.05, 4.69) is 10.6 Å². The molecule has 142 valence electrons. The van der Waals surface area contributed by atoms with Crippen LogP contribution in [0.3, 0.4) is 0 Å². The van der Waals surface area contributed by atoms with Crippen molar-refractivity contribution in [2.24, 2.45) is 0 Å². The van der Waals surface area contributed by atoms with Gasteiger partial charge in [-0.1, -0.05) is 57.8 Å². The maximum Gasteiger partial charge on any atom is 0.263 e. The Hall–Kier alpha value is -1.54. The van der Waals surface area contributed by atoms with Gasteiger partial charge in [-0.05, 0) is 19.3 Å². The lowest BCUT2D eigenvalue weighted by molar-refractivity contribution is -0.117. The molecular weight excluding hydrogens is 314 g/mol. The van der Waals surface area contributed by atoms with Crippen molar-refractivity contribution < 1.29 is 9.53 Å². The molecule has 0 heterocycles. The van der Waals surface area contributed by atoms with Crippen LogP contribution in [0.15, 0.2) is 11.8 Å². The van der Waals surface area contributed by atoms with Crippen LogP contribution in [0.1, 0.15) is 77.0 Å². The molecule has 0 aromatic carbocycles. The standard InChI is InChI=1S/C20H35N3O2/c1-25-15-11-14-22-17-18(16-21)20(24)23-19-12-9-7-5-3-2-4-6-8-10-13-19/h17,19,22H,2-15H2,1H3,(H,23,24)/b18-17-. The lowest BCUT2D eigenvalue weighted by Crippen LogP contribution is -2.36. The third kappa shape index (κ3) is 10.8. The van der Waals surface area contributed by atoms with Crippen molar-refractivity contribution in [1.82, 2.24) is 10.6 Å². The van der Waals surface area contributed by atoms with E-state index in [-0.39, 0.29) is 17.5 Å². The molecule has 5 heteroatoms. The van der Waals surface area contributed by atoms with E-state index in [1.54, 1.807) is 7.11 Å². The SMILES string of the molecule is COCCCN/C=C(/C#N)C(=O)NC1CCCCCCCCCCC1. The molecule has 1 fully saturated rings. The molecule has 0 aliphatic heterocycles. The summed E-state index contributed by atoms with van der Waals surface area (Å²) >= 11 is 0. The second-order valence-electron chi connectivity index (χ2n) is 6.90. The first kappa shape index (κ1) is 21.5. The van der Waals surface area contributed by atoms with Crippen LogP contribution in [0.25, 0.3) is 0 Å². The van der Waals surface area contributed by atoms with E-state index in [9.17, 15) is 10.1 Å². The number of nitrogens with zero attached hydrogens (tertiary/aromatic N) is 1. The summed E-state index contributed by atoms with van der Waals surface area (Å²) in [6, 6.07) is 2.20. The predicted molar refractivity (Wildman–Crippen MR) is 101 cm³/mol. The van der Waals surface area contributed by atoms with Gasteiger partial charge in [-0.25, -0.2) is 0 Å². The van der Waals surface area contributed by atoms with Crippen LogP contribution in [0.2, 0.25) is 0 Å². The second-order valence-corrected chi connectivity index (χ2v) is 6.90. The Kier molecular flexibility index (Phi) is 12.7. The lowest BCUT2D eigenvalue weighted by atomic mass is 9.98. The van der Waals surface area contributed by atoms with Crippen LogP contribution in [0.5, 0.6) is 0 Å². The molecule has 5 nitrogen and oxygen atoms in total. The number of hydrogen-bond acceptors (Lipinski definition) is 4. The van der Waals surface area contributed by atoms with E-state index in [0.29, 0.717) is 13.2 Å².